The molecule has 0 atom stereocenters. The largest absolute Gasteiger partial charge is 0.508 e. The molecule has 2 rings (SSSR count). The number of hydrogen-bond acceptors (Lipinski definition) is 4. The molecule has 0 fully saturated rings. The van der Waals surface area contributed by atoms with Gasteiger partial charge in [-0.25, -0.2) is 0 Å². The first-order valence-corrected chi connectivity index (χ1v) is 10.1. The Kier molecular flexibility index (Phi) is 5.50. The maximum absolute atomic E-state index is 9.87. The second-order valence-electron chi connectivity index (χ2n) is 8.03. The standard InChI is InChI=1S/C20H26O2S2/c1-19(2,3)15-9-7-13(21)11-17(15)23-24-18-12-14(22)8-10-16(18)20(4,5)6/h7-12,21-22H,1-6H3. The minimum absolute atomic E-state index is 0.00226. The molecule has 0 unspecified atom stereocenters. The van der Waals surface area contributed by atoms with Crippen LogP contribution in [0.25, 0.3) is 0 Å². The first kappa shape index (κ1) is 19.1. The van der Waals surface area contributed by atoms with Gasteiger partial charge in [-0.15, -0.1) is 0 Å². The molecule has 0 aliphatic heterocycles. The zero-order valence-corrected chi connectivity index (χ0v) is 16.8. The SMILES string of the molecule is CC(C)(C)c1ccc(O)cc1SSc1cc(O)ccc1C(C)(C)C. The molecule has 0 aliphatic rings. The normalized spacial score (nSPS) is 12.4. The van der Waals surface area contributed by atoms with Crippen molar-refractivity contribution in [1.29, 1.82) is 0 Å². The van der Waals surface area contributed by atoms with Crippen molar-refractivity contribution in [2.45, 2.75) is 62.2 Å². The average Bonchev–Trinajstić information content (AvgIpc) is 2.42. The first-order chi connectivity index (χ1) is 11.0. The van der Waals surface area contributed by atoms with Gasteiger partial charge >= 0.3 is 0 Å². The van der Waals surface area contributed by atoms with E-state index in [1.165, 1.54) is 11.1 Å². The Morgan fingerprint density at radius 1 is 0.625 bits per heavy atom. The minimum Gasteiger partial charge on any atom is -0.508 e. The Morgan fingerprint density at radius 3 is 1.25 bits per heavy atom. The van der Waals surface area contributed by atoms with Gasteiger partial charge in [0.15, 0.2) is 0 Å². The van der Waals surface area contributed by atoms with Gasteiger partial charge in [0.25, 0.3) is 0 Å². The molecule has 130 valence electrons. The third-order valence-electron chi connectivity index (χ3n) is 3.77. The van der Waals surface area contributed by atoms with Gasteiger partial charge in [0.05, 0.1) is 0 Å². The molecule has 2 N–H and O–H groups in total. The van der Waals surface area contributed by atoms with Crippen LogP contribution in [-0.2, 0) is 10.8 Å². The molecular weight excluding hydrogens is 336 g/mol. The first-order valence-electron chi connectivity index (χ1n) is 8.00. The van der Waals surface area contributed by atoms with Crippen LogP contribution in [0.4, 0.5) is 0 Å². The molecule has 0 bridgehead atoms. The highest BCUT2D eigenvalue weighted by molar-refractivity contribution is 8.76. The van der Waals surface area contributed by atoms with Gasteiger partial charge in [0.1, 0.15) is 11.5 Å². The molecule has 2 aromatic rings. The van der Waals surface area contributed by atoms with E-state index in [4.69, 9.17) is 0 Å². The fourth-order valence-electron chi connectivity index (χ4n) is 2.49. The van der Waals surface area contributed by atoms with Crippen molar-refractivity contribution in [1.82, 2.24) is 0 Å². The Hall–Kier alpha value is -1.26. The minimum atomic E-state index is 0.00226. The molecule has 0 spiro atoms. The van der Waals surface area contributed by atoms with Crippen molar-refractivity contribution in [2.75, 3.05) is 0 Å². The van der Waals surface area contributed by atoms with Crippen LogP contribution in [-0.4, -0.2) is 10.2 Å². The summed E-state index contributed by atoms with van der Waals surface area (Å²) in [5, 5.41) is 19.7. The van der Waals surface area contributed by atoms with Crippen LogP contribution in [0.3, 0.4) is 0 Å². The van der Waals surface area contributed by atoms with Crippen LogP contribution in [0, 0.1) is 0 Å². The molecule has 0 radical (unpaired) electrons. The summed E-state index contributed by atoms with van der Waals surface area (Å²) in [6, 6.07) is 11.1. The number of benzene rings is 2. The highest BCUT2D eigenvalue weighted by atomic mass is 33.1. The molecule has 4 heteroatoms. The van der Waals surface area contributed by atoms with Crippen LogP contribution in [0.15, 0.2) is 46.2 Å². The summed E-state index contributed by atoms with van der Waals surface area (Å²) in [7, 11) is 3.25. The summed E-state index contributed by atoms with van der Waals surface area (Å²) in [6.45, 7) is 13.0. The Labute approximate surface area is 153 Å². The highest BCUT2D eigenvalue weighted by Gasteiger charge is 2.22. The van der Waals surface area contributed by atoms with E-state index in [1.54, 1.807) is 33.7 Å². The summed E-state index contributed by atoms with van der Waals surface area (Å²) in [4.78, 5) is 2.10. The van der Waals surface area contributed by atoms with Crippen molar-refractivity contribution in [3.05, 3.63) is 47.5 Å². The van der Waals surface area contributed by atoms with Crippen molar-refractivity contribution < 1.29 is 10.2 Å². The predicted molar refractivity (Wildman–Crippen MR) is 105 cm³/mol. The molecule has 24 heavy (non-hydrogen) atoms. The van der Waals surface area contributed by atoms with Crippen LogP contribution < -0.4 is 0 Å². The third-order valence-corrected chi connectivity index (χ3v) is 6.21. The maximum Gasteiger partial charge on any atom is 0.116 e. The van der Waals surface area contributed by atoms with Crippen LogP contribution in [0.2, 0.25) is 0 Å². The van der Waals surface area contributed by atoms with Crippen molar-refractivity contribution in [3.8, 4) is 11.5 Å². The quantitative estimate of drug-likeness (QED) is 0.612. The summed E-state index contributed by atoms with van der Waals surface area (Å²) in [6.07, 6.45) is 0. The van der Waals surface area contributed by atoms with E-state index in [-0.39, 0.29) is 22.3 Å². The van der Waals surface area contributed by atoms with Crippen molar-refractivity contribution >= 4 is 21.6 Å². The molecule has 0 saturated heterocycles. The molecule has 0 saturated carbocycles. The van der Waals surface area contributed by atoms with Crippen LogP contribution in [0.5, 0.6) is 11.5 Å². The second kappa shape index (κ2) is 6.93. The molecule has 0 aliphatic carbocycles. The maximum atomic E-state index is 9.87. The van der Waals surface area contributed by atoms with Crippen LogP contribution in [0.1, 0.15) is 52.7 Å². The molecular formula is C20H26O2S2. The lowest BCUT2D eigenvalue weighted by Crippen LogP contribution is -2.12. The number of phenolic OH excluding ortho intramolecular Hbond substituents is 2. The number of aromatic hydroxyl groups is 2. The molecule has 0 aromatic heterocycles. The van der Waals surface area contributed by atoms with E-state index in [0.717, 1.165) is 9.79 Å². The smallest absolute Gasteiger partial charge is 0.116 e. The van der Waals surface area contributed by atoms with Crippen molar-refractivity contribution in [3.63, 3.8) is 0 Å². The number of rotatable bonds is 3. The van der Waals surface area contributed by atoms with E-state index < -0.39 is 0 Å². The van der Waals surface area contributed by atoms with Gasteiger partial charge in [-0.1, -0.05) is 75.3 Å². The zero-order chi connectivity index (χ0) is 18.1. The van der Waals surface area contributed by atoms with Gasteiger partial charge in [0.2, 0.25) is 0 Å². The van der Waals surface area contributed by atoms with Gasteiger partial charge in [-0.3, -0.25) is 0 Å². The van der Waals surface area contributed by atoms with Crippen molar-refractivity contribution in [2.24, 2.45) is 0 Å². The van der Waals surface area contributed by atoms with Crippen LogP contribution >= 0.6 is 21.6 Å². The van der Waals surface area contributed by atoms with E-state index in [0.29, 0.717) is 0 Å². The van der Waals surface area contributed by atoms with Gasteiger partial charge in [-0.2, -0.15) is 0 Å². The highest BCUT2D eigenvalue weighted by Crippen LogP contribution is 2.46. The molecule has 2 nitrogen and oxygen atoms in total. The predicted octanol–water partition coefficient (Wildman–Crippen LogP) is 6.49. The molecule has 0 amide bonds. The zero-order valence-electron chi connectivity index (χ0n) is 15.2. The Morgan fingerprint density at radius 2 is 0.958 bits per heavy atom. The Bertz CT molecular complexity index is 662. The summed E-state index contributed by atoms with van der Waals surface area (Å²) in [5.74, 6) is 0.552. The third kappa shape index (κ3) is 4.64. The average molecular weight is 363 g/mol. The fourth-order valence-corrected chi connectivity index (χ4v) is 5.30. The second-order valence-corrected chi connectivity index (χ2v) is 10.2. The molecule has 0 heterocycles. The molecule has 2 aromatic carbocycles. The monoisotopic (exact) mass is 362 g/mol. The number of phenols is 2. The summed E-state index contributed by atoms with van der Waals surface area (Å²) >= 11 is 0. The van der Waals surface area contributed by atoms with Gasteiger partial charge in [0, 0.05) is 9.79 Å². The summed E-state index contributed by atoms with van der Waals surface area (Å²) in [5.41, 5.74) is 2.41. The summed E-state index contributed by atoms with van der Waals surface area (Å²) < 4.78 is 0. The van der Waals surface area contributed by atoms with E-state index >= 15 is 0 Å². The van der Waals surface area contributed by atoms with Gasteiger partial charge in [-0.05, 0) is 46.2 Å². The lowest BCUT2D eigenvalue weighted by Gasteiger charge is -2.24. The Balaban J connectivity index is 2.36. The lowest BCUT2D eigenvalue weighted by atomic mass is 9.87. The van der Waals surface area contributed by atoms with E-state index in [2.05, 4.69) is 41.5 Å². The van der Waals surface area contributed by atoms with E-state index in [9.17, 15) is 10.2 Å². The topological polar surface area (TPSA) is 40.5 Å². The van der Waals surface area contributed by atoms with Gasteiger partial charge < -0.3 is 10.2 Å². The number of hydrogen-bond donors (Lipinski definition) is 2. The lowest BCUT2D eigenvalue weighted by molar-refractivity contribution is 0.471. The fraction of sp³-hybridized carbons (Fsp3) is 0.400. The van der Waals surface area contributed by atoms with E-state index in [1.807, 2.05) is 24.3 Å².